The highest BCUT2D eigenvalue weighted by Gasteiger charge is 2.07. The molecule has 0 aliphatic carbocycles. The zero-order valence-corrected chi connectivity index (χ0v) is 11.9. The van der Waals surface area contributed by atoms with Gasteiger partial charge in [-0.2, -0.15) is 4.98 Å². The first-order valence-corrected chi connectivity index (χ1v) is 6.28. The number of nitrogens with zero attached hydrogens (tertiary/aromatic N) is 3. The topological polar surface area (TPSA) is 76.3 Å². The molecule has 0 atom stereocenters. The van der Waals surface area contributed by atoms with Crippen LogP contribution in [0.25, 0.3) is 0 Å². The molecule has 106 valence electrons. The summed E-state index contributed by atoms with van der Waals surface area (Å²) in [5.74, 6) is 7.44. The first-order chi connectivity index (χ1) is 9.62. The third-order valence-electron chi connectivity index (χ3n) is 2.91. The van der Waals surface area contributed by atoms with Crippen LogP contribution in [0.15, 0.2) is 30.3 Å². The molecule has 0 amide bonds. The number of nitrogens with two attached hydrogens (primary N) is 1. The molecule has 6 heteroatoms. The average Bonchev–Trinajstić information content (AvgIpc) is 2.46. The van der Waals surface area contributed by atoms with E-state index in [0.717, 1.165) is 29.4 Å². The molecule has 2 aromatic rings. The molecule has 0 bridgehead atoms. The van der Waals surface area contributed by atoms with E-state index in [1.54, 1.807) is 7.11 Å². The van der Waals surface area contributed by atoms with Crippen LogP contribution in [0, 0.1) is 6.92 Å². The van der Waals surface area contributed by atoms with Crippen LogP contribution >= 0.6 is 0 Å². The van der Waals surface area contributed by atoms with Crippen LogP contribution in [-0.2, 0) is 6.54 Å². The molecule has 0 unspecified atom stereocenters. The number of rotatable bonds is 5. The van der Waals surface area contributed by atoms with Crippen molar-refractivity contribution in [3.63, 3.8) is 0 Å². The molecular formula is C14H19N5O. The molecule has 0 aliphatic rings. The Hall–Kier alpha value is -2.34. The Morgan fingerprint density at radius 1 is 1.30 bits per heavy atom. The molecule has 0 aliphatic heterocycles. The lowest BCUT2D eigenvalue weighted by atomic mass is 10.2. The van der Waals surface area contributed by atoms with Crippen molar-refractivity contribution < 1.29 is 4.74 Å². The van der Waals surface area contributed by atoms with E-state index in [1.165, 1.54) is 0 Å². The van der Waals surface area contributed by atoms with Gasteiger partial charge >= 0.3 is 0 Å². The van der Waals surface area contributed by atoms with Crippen molar-refractivity contribution in [3.05, 3.63) is 41.6 Å². The van der Waals surface area contributed by atoms with E-state index in [2.05, 4.69) is 21.5 Å². The van der Waals surface area contributed by atoms with Crippen molar-refractivity contribution in [1.29, 1.82) is 0 Å². The fraction of sp³-hybridized carbons (Fsp3) is 0.286. The van der Waals surface area contributed by atoms with Crippen LogP contribution in [0.3, 0.4) is 0 Å². The maximum absolute atomic E-state index is 5.37. The van der Waals surface area contributed by atoms with Gasteiger partial charge in [0.05, 0.1) is 7.11 Å². The molecule has 6 nitrogen and oxygen atoms in total. The van der Waals surface area contributed by atoms with E-state index < -0.39 is 0 Å². The molecule has 0 radical (unpaired) electrons. The van der Waals surface area contributed by atoms with Crippen LogP contribution in [0.1, 0.15) is 11.3 Å². The second-order valence-electron chi connectivity index (χ2n) is 4.54. The SMILES string of the molecule is COc1cccc(CN(C)c2cc(C)nc(NN)n2)c1. The highest BCUT2D eigenvalue weighted by atomic mass is 16.5. The van der Waals surface area contributed by atoms with Crippen LogP contribution in [0.4, 0.5) is 11.8 Å². The molecule has 0 spiro atoms. The standard InChI is InChI=1S/C14H19N5O/c1-10-7-13(17-14(16-10)18-15)19(2)9-11-5-4-6-12(8-11)20-3/h4-8H,9,15H2,1-3H3,(H,16,17,18). The van der Waals surface area contributed by atoms with E-state index in [1.807, 2.05) is 43.1 Å². The fourth-order valence-corrected chi connectivity index (χ4v) is 1.94. The Morgan fingerprint density at radius 3 is 2.80 bits per heavy atom. The van der Waals surface area contributed by atoms with Gasteiger partial charge in [0.15, 0.2) is 0 Å². The van der Waals surface area contributed by atoms with Crippen molar-refractivity contribution in [2.75, 3.05) is 24.5 Å². The Balaban J connectivity index is 2.18. The Labute approximate surface area is 118 Å². The summed E-state index contributed by atoms with van der Waals surface area (Å²) < 4.78 is 5.23. The number of methoxy groups -OCH3 is 1. The zero-order chi connectivity index (χ0) is 14.5. The minimum absolute atomic E-state index is 0.414. The molecule has 1 heterocycles. The van der Waals surface area contributed by atoms with Gasteiger partial charge in [0.25, 0.3) is 0 Å². The number of nitrogens with one attached hydrogen (secondary N) is 1. The normalized spacial score (nSPS) is 10.2. The van der Waals surface area contributed by atoms with Crippen molar-refractivity contribution in [3.8, 4) is 5.75 Å². The first kappa shape index (κ1) is 14.1. The van der Waals surface area contributed by atoms with Crippen molar-refractivity contribution >= 4 is 11.8 Å². The molecule has 0 saturated heterocycles. The summed E-state index contributed by atoms with van der Waals surface area (Å²) in [6.45, 7) is 2.63. The molecule has 1 aromatic heterocycles. The molecule has 0 fully saturated rings. The summed E-state index contributed by atoms with van der Waals surface area (Å²) in [5, 5.41) is 0. The summed E-state index contributed by atoms with van der Waals surface area (Å²) in [5.41, 5.74) is 4.48. The lowest BCUT2D eigenvalue weighted by Gasteiger charge is -2.19. The largest absolute Gasteiger partial charge is 0.497 e. The third kappa shape index (κ3) is 3.36. The number of benzene rings is 1. The van der Waals surface area contributed by atoms with Gasteiger partial charge in [-0.3, -0.25) is 5.43 Å². The van der Waals surface area contributed by atoms with E-state index in [9.17, 15) is 0 Å². The summed E-state index contributed by atoms with van der Waals surface area (Å²) >= 11 is 0. The van der Waals surface area contributed by atoms with Gasteiger partial charge in [-0.15, -0.1) is 0 Å². The molecule has 3 N–H and O–H groups in total. The van der Waals surface area contributed by atoms with Crippen LogP contribution in [-0.4, -0.2) is 24.1 Å². The number of aryl methyl sites for hydroxylation is 1. The lowest BCUT2D eigenvalue weighted by Crippen LogP contribution is -2.20. The van der Waals surface area contributed by atoms with Gasteiger partial charge in [-0.1, -0.05) is 12.1 Å². The zero-order valence-electron chi connectivity index (χ0n) is 11.9. The molecule has 20 heavy (non-hydrogen) atoms. The number of hydrogen-bond donors (Lipinski definition) is 2. The number of anilines is 2. The Morgan fingerprint density at radius 2 is 2.10 bits per heavy atom. The Kier molecular flexibility index (Phi) is 4.37. The van der Waals surface area contributed by atoms with Gasteiger partial charge in [0.2, 0.25) is 5.95 Å². The predicted octanol–water partition coefficient (Wildman–Crippen LogP) is 1.72. The number of hydrogen-bond acceptors (Lipinski definition) is 6. The van der Waals surface area contributed by atoms with Crippen molar-refractivity contribution in [2.45, 2.75) is 13.5 Å². The third-order valence-corrected chi connectivity index (χ3v) is 2.91. The van der Waals surface area contributed by atoms with Gasteiger partial charge < -0.3 is 9.64 Å². The molecule has 1 aromatic carbocycles. The second-order valence-corrected chi connectivity index (χ2v) is 4.54. The highest BCUT2D eigenvalue weighted by molar-refractivity contribution is 5.44. The number of nitrogen functional groups attached to an aromatic ring is 1. The number of ether oxygens (including phenoxy) is 1. The van der Waals surface area contributed by atoms with Gasteiger partial charge in [-0.25, -0.2) is 10.8 Å². The maximum atomic E-state index is 5.37. The minimum Gasteiger partial charge on any atom is -0.497 e. The number of hydrazine groups is 1. The lowest BCUT2D eigenvalue weighted by molar-refractivity contribution is 0.414. The molecule has 0 saturated carbocycles. The smallest absolute Gasteiger partial charge is 0.239 e. The predicted molar refractivity (Wildman–Crippen MR) is 79.7 cm³/mol. The van der Waals surface area contributed by atoms with E-state index in [4.69, 9.17) is 10.6 Å². The van der Waals surface area contributed by atoms with E-state index >= 15 is 0 Å². The fourth-order valence-electron chi connectivity index (χ4n) is 1.94. The monoisotopic (exact) mass is 273 g/mol. The van der Waals surface area contributed by atoms with Crippen molar-refractivity contribution in [2.24, 2.45) is 5.84 Å². The van der Waals surface area contributed by atoms with E-state index in [0.29, 0.717) is 5.95 Å². The van der Waals surface area contributed by atoms with Gasteiger partial charge in [0.1, 0.15) is 11.6 Å². The summed E-state index contributed by atoms with van der Waals surface area (Å²) in [4.78, 5) is 10.5. The average molecular weight is 273 g/mol. The van der Waals surface area contributed by atoms with Crippen LogP contribution < -0.4 is 20.9 Å². The minimum atomic E-state index is 0.414. The van der Waals surface area contributed by atoms with Gasteiger partial charge in [0, 0.05) is 25.4 Å². The van der Waals surface area contributed by atoms with E-state index in [-0.39, 0.29) is 0 Å². The number of aromatic nitrogens is 2. The quantitative estimate of drug-likeness (QED) is 0.638. The first-order valence-electron chi connectivity index (χ1n) is 6.28. The summed E-state index contributed by atoms with van der Waals surface area (Å²) in [7, 11) is 3.64. The summed E-state index contributed by atoms with van der Waals surface area (Å²) in [6, 6.07) is 9.87. The van der Waals surface area contributed by atoms with Crippen LogP contribution in [0.5, 0.6) is 5.75 Å². The van der Waals surface area contributed by atoms with Crippen molar-refractivity contribution in [1.82, 2.24) is 9.97 Å². The Bertz CT molecular complexity index is 588. The second kappa shape index (κ2) is 6.21. The molecular weight excluding hydrogens is 254 g/mol. The highest BCUT2D eigenvalue weighted by Crippen LogP contribution is 2.18. The summed E-state index contributed by atoms with van der Waals surface area (Å²) in [6.07, 6.45) is 0. The maximum Gasteiger partial charge on any atom is 0.239 e. The van der Waals surface area contributed by atoms with Gasteiger partial charge in [-0.05, 0) is 24.6 Å². The molecule has 2 rings (SSSR count). The van der Waals surface area contributed by atoms with Crippen LogP contribution in [0.2, 0.25) is 0 Å².